The second-order valence-corrected chi connectivity index (χ2v) is 5.68. The minimum atomic E-state index is 0.0830. The predicted octanol–water partition coefficient (Wildman–Crippen LogP) is 2.34. The van der Waals surface area contributed by atoms with Gasteiger partial charge in [0.25, 0.3) is 0 Å². The Labute approximate surface area is 113 Å². The summed E-state index contributed by atoms with van der Waals surface area (Å²) in [4.78, 5) is 0. The molecule has 1 aromatic rings. The average Bonchev–Trinajstić information content (AvgIpc) is 2.38. The van der Waals surface area contributed by atoms with Gasteiger partial charge < -0.3 is 19.9 Å². The van der Waals surface area contributed by atoms with Crippen molar-refractivity contribution in [1.82, 2.24) is 0 Å². The largest absolute Gasteiger partial charge is 0.486 e. The molecule has 0 amide bonds. The van der Waals surface area contributed by atoms with Crippen LogP contribution in [-0.4, -0.2) is 31.5 Å². The van der Waals surface area contributed by atoms with Crippen LogP contribution in [0.2, 0.25) is 0 Å². The number of hydrogen-bond acceptors (Lipinski definition) is 4. The second-order valence-electron chi connectivity index (χ2n) is 5.68. The van der Waals surface area contributed by atoms with Gasteiger partial charge in [-0.05, 0) is 31.4 Å². The summed E-state index contributed by atoms with van der Waals surface area (Å²) in [5, 5.41) is 13.0. The molecule has 2 aliphatic rings. The fraction of sp³-hybridized carbons (Fsp3) is 0.600. The average molecular weight is 263 g/mol. The van der Waals surface area contributed by atoms with Gasteiger partial charge in [-0.15, -0.1) is 0 Å². The fourth-order valence-electron chi connectivity index (χ4n) is 2.73. The van der Waals surface area contributed by atoms with Gasteiger partial charge in [0.1, 0.15) is 13.2 Å². The summed E-state index contributed by atoms with van der Waals surface area (Å²) < 4.78 is 11.2. The van der Waals surface area contributed by atoms with Gasteiger partial charge in [-0.1, -0.05) is 6.42 Å². The Balaban J connectivity index is 1.73. The highest BCUT2D eigenvalue weighted by molar-refractivity contribution is 5.60. The molecule has 1 fully saturated rings. The zero-order chi connectivity index (χ0) is 13.3. The molecule has 0 spiro atoms. The highest BCUT2D eigenvalue weighted by Gasteiger charge is 2.36. The lowest BCUT2D eigenvalue weighted by Gasteiger charge is -2.40. The third-order valence-corrected chi connectivity index (χ3v) is 4.29. The van der Waals surface area contributed by atoms with Crippen molar-refractivity contribution in [1.29, 1.82) is 0 Å². The van der Waals surface area contributed by atoms with Crippen molar-refractivity contribution in [2.45, 2.75) is 26.2 Å². The maximum Gasteiger partial charge on any atom is 0.163 e. The highest BCUT2D eigenvalue weighted by atomic mass is 16.6. The molecule has 0 bridgehead atoms. The van der Waals surface area contributed by atoms with Crippen LogP contribution in [0.15, 0.2) is 12.1 Å². The van der Waals surface area contributed by atoms with Crippen molar-refractivity contribution >= 4 is 5.69 Å². The summed E-state index contributed by atoms with van der Waals surface area (Å²) in [5.74, 6) is 1.64. The smallest absolute Gasteiger partial charge is 0.163 e. The quantitative estimate of drug-likeness (QED) is 0.875. The molecule has 2 N–H and O–H groups in total. The number of ether oxygens (including phenoxy) is 2. The molecular formula is C15H21NO3. The van der Waals surface area contributed by atoms with Crippen LogP contribution in [0.4, 0.5) is 5.69 Å². The molecule has 19 heavy (non-hydrogen) atoms. The zero-order valence-electron chi connectivity index (χ0n) is 11.4. The first-order valence-corrected chi connectivity index (χ1v) is 6.97. The molecule has 0 unspecified atom stereocenters. The topological polar surface area (TPSA) is 50.7 Å². The van der Waals surface area contributed by atoms with Crippen molar-refractivity contribution < 1.29 is 14.6 Å². The normalized spacial score (nSPS) is 19.7. The molecule has 0 aromatic heterocycles. The molecule has 4 nitrogen and oxygen atoms in total. The lowest BCUT2D eigenvalue weighted by atomic mass is 9.69. The molecule has 1 aliphatic heterocycles. The van der Waals surface area contributed by atoms with Crippen LogP contribution in [0.25, 0.3) is 0 Å². The van der Waals surface area contributed by atoms with Crippen LogP contribution in [0.3, 0.4) is 0 Å². The number of fused-ring (bicyclic) bond motifs is 1. The van der Waals surface area contributed by atoms with E-state index in [0.717, 1.165) is 42.1 Å². The van der Waals surface area contributed by atoms with Gasteiger partial charge in [0.05, 0.1) is 6.61 Å². The van der Waals surface area contributed by atoms with Crippen LogP contribution >= 0.6 is 0 Å². The summed E-state index contributed by atoms with van der Waals surface area (Å²) in [5.41, 5.74) is 2.31. The van der Waals surface area contributed by atoms with Gasteiger partial charge in [-0.25, -0.2) is 0 Å². The maximum absolute atomic E-state index is 9.49. The van der Waals surface area contributed by atoms with E-state index in [1.165, 1.54) is 6.42 Å². The molecule has 4 heteroatoms. The van der Waals surface area contributed by atoms with Gasteiger partial charge in [-0.3, -0.25) is 0 Å². The Bertz CT molecular complexity index is 463. The minimum Gasteiger partial charge on any atom is -0.486 e. The van der Waals surface area contributed by atoms with Crippen molar-refractivity contribution in [2.24, 2.45) is 5.41 Å². The SMILES string of the molecule is Cc1cc2c(cc1NCC1(CO)CCC1)OCCO2. The number of aliphatic hydroxyl groups excluding tert-OH is 1. The van der Waals surface area contributed by atoms with Crippen LogP contribution in [0.5, 0.6) is 11.5 Å². The van der Waals surface area contributed by atoms with Crippen molar-refractivity contribution in [3.63, 3.8) is 0 Å². The first kappa shape index (κ1) is 12.6. The molecule has 1 aliphatic carbocycles. The number of rotatable bonds is 4. The molecule has 104 valence electrons. The van der Waals surface area contributed by atoms with E-state index in [2.05, 4.69) is 12.2 Å². The molecule has 0 radical (unpaired) electrons. The van der Waals surface area contributed by atoms with Crippen LogP contribution in [0.1, 0.15) is 24.8 Å². The molecule has 1 aromatic carbocycles. The predicted molar refractivity (Wildman–Crippen MR) is 74.0 cm³/mol. The van der Waals surface area contributed by atoms with Crippen LogP contribution in [0, 0.1) is 12.3 Å². The first-order chi connectivity index (χ1) is 9.22. The molecule has 0 saturated heterocycles. The van der Waals surface area contributed by atoms with Crippen molar-refractivity contribution in [3.05, 3.63) is 17.7 Å². The third kappa shape index (κ3) is 2.37. The molecule has 1 saturated carbocycles. The number of nitrogens with one attached hydrogen (secondary N) is 1. The Morgan fingerprint density at radius 1 is 1.21 bits per heavy atom. The lowest BCUT2D eigenvalue weighted by Crippen LogP contribution is -2.39. The van der Waals surface area contributed by atoms with Crippen molar-refractivity contribution in [3.8, 4) is 11.5 Å². The summed E-state index contributed by atoms with van der Waals surface area (Å²) in [6.07, 6.45) is 3.45. The number of aryl methyl sites for hydroxylation is 1. The monoisotopic (exact) mass is 263 g/mol. The van der Waals surface area contributed by atoms with E-state index < -0.39 is 0 Å². The Morgan fingerprint density at radius 2 is 1.89 bits per heavy atom. The van der Waals surface area contributed by atoms with E-state index >= 15 is 0 Å². The zero-order valence-corrected chi connectivity index (χ0v) is 11.4. The van der Waals surface area contributed by atoms with E-state index in [4.69, 9.17) is 9.47 Å². The Kier molecular flexibility index (Phi) is 3.27. The molecule has 3 rings (SSSR count). The van der Waals surface area contributed by atoms with Gasteiger partial charge in [0, 0.05) is 23.7 Å². The van der Waals surface area contributed by atoms with E-state index in [1.54, 1.807) is 0 Å². The van der Waals surface area contributed by atoms with Crippen LogP contribution in [-0.2, 0) is 0 Å². The number of anilines is 1. The minimum absolute atomic E-state index is 0.0830. The number of hydrogen-bond donors (Lipinski definition) is 2. The van der Waals surface area contributed by atoms with Gasteiger partial charge in [0.15, 0.2) is 11.5 Å². The van der Waals surface area contributed by atoms with E-state index in [1.807, 2.05) is 12.1 Å². The summed E-state index contributed by atoms with van der Waals surface area (Å²) >= 11 is 0. The van der Waals surface area contributed by atoms with Crippen molar-refractivity contribution in [2.75, 3.05) is 31.7 Å². The summed E-state index contributed by atoms with van der Waals surface area (Å²) in [6, 6.07) is 4.02. The van der Waals surface area contributed by atoms with E-state index in [0.29, 0.717) is 13.2 Å². The molecule has 1 heterocycles. The van der Waals surface area contributed by atoms with Gasteiger partial charge in [0.2, 0.25) is 0 Å². The second kappa shape index (κ2) is 4.93. The summed E-state index contributed by atoms with van der Waals surface area (Å²) in [7, 11) is 0. The third-order valence-electron chi connectivity index (χ3n) is 4.29. The van der Waals surface area contributed by atoms with Gasteiger partial charge in [-0.2, -0.15) is 0 Å². The fourth-order valence-corrected chi connectivity index (χ4v) is 2.73. The maximum atomic E-state index is 9.49. The highest BCUT2D eigenvalue weighted by Crippen LogP contribution is 2.41. The first-order valence-electron chi connectivity index (χ1n) is 6.97. The molecule has 0 atom stereocenters. The number of benzene rings is 1. The Morgan fingerprint density at radius 3 is 2.47 bits per heavy atom. The Hall–Kier alpha value is -1.42. The van der Waals surface area contributed by atoms with E-state index in [-0.39, 0.29) is 12.0 Å². The van der Waals surface area contributed by atoms with Crippen LogP contribution < -0.4 is 14.8 Å². The van der Waals surface area contributed by atoms with Gasteiger partial charge >= 0.3 is 0 Å². The standard InChI is InChI=1S/C15H21NO3/c1-11-7-13-14(19-6-5-18-13)8-12(11)16-9-15(10-17)3-2-4-15/h7-8,16-17H,2-6,9-10H2,1H3. The number of aliphatic hydroxyl groups is 1. The van der Waals surface area contributed by atoms with E-state index in [9.17, 15) is 5.11 Å². The summed E-state index contributed by atoms with van der Waals surface area (Å²) in [6.45, 7) is 4.38. The lowest BCUT2D eigenvalue weighted by molar-refractivity contribution is 0.0576. The molecular weight excluding hydrogens is 242 g/mol.